The van der Waals surface area contributed by atoms with Gasteiger partial charge in [0.15, 0.2) is 0 Å². The summed E-state index contributed by atoms with van der Waals surface area (Å²) in [5, 5.41) is 0. The molecule has 2 nitrogen and oxygen atoms in total. The second-order valence-corrected chi connectivity index (χ2v) is 4.67. The van der Waals surface area contributed by atoms with E-state index in [-0.39, 0.29) is 0 Å². The molecule has 3 unspecified atom stereocenters. The van der Waals surface area contributed by atoms with Crippen LogP contribution in [0.3, 0.4) is 0 Å². The van der Waals surface area contributed by atoms with Crippen molar-refractivity contribution in [1.29, 1.82) is 0 Å². The first-order valence-corrected chi connectivity index (χ1v) is 5.82. The third kappa shape index (κ3) is 1.89. The first-order valence-electron chi connectivity index (χ1n) is 5.82. The van der Waals surface area contributed by atoms with Gasteiger partial charge < -0.3 is 5.73 Å². The SMILES string of the molecule is CCC1CCCN1C1CCC(N)C1. The molecule has 76 valence electrons. The summed E-state index contributed by atoms with van der Waals surface area (Å²) >= 11 is 0. The van der Waals surface area contributed by atoms with Crippen molar-refractivity contribution in [2.45, 2.75) is 63.6 Å². The maximum absolute atomic E-state index is 5.95. The van der Waals surface area contributed by atoms with E-state index < -0.39 is 0 Å². The van der Waals surface area contributed by atoms with Gasteiger partial charge in [-0.15, -0.1) is 0 Å². The summed E-state index contributed by atoms with van der Waals surface area (Å²) < 4.78 is 0. The van der Waals surface area contributed by atoms with Gasteiger partial charge in [0.1, 0.15) is 0 Å². The molecule has 1 saturated heterocycles. The fourth-order valence-electron chi connectivity index (χ4n) is 3.07. The minimum Gasteiger partial charge on any atom is -0.328 e. The highest BCUT2D eigenvalue weighted by molar-refractivity contribution is 4.90. The lowest BCUT2D eigenvalue weighted by atomic mass is 10.1. The molecule has 0 aromatic heterocycles. The zero-order chi connectivity index (χ0) is 9.26. The van der Waals surface area contributed by atoms with E-state index in [0.717, 1.165) is 12.1 Å². The highest BCUT2D eigenvalue weighted by Gasteiger charge is 2.33. The third-order valence-electron chi connectivity index (χ3n) is 3.81. The Balaban J connectivity index is 1.92. The van der Waals surface area contributed by atoms with Gasteiger partial charge in [0, 0.05) is 18.1 Å². The summed E-state index contributed by atoms with van der Waals surface area (Å²) in [6, 6.07) is 2.18. The molecule has 2 N–H and O–H groups in total. The van der Waals surface area contributed by atoms with E-state index in [0.29, 0.717) is 6.04 Å². The van der Waals surface area contributed by atoms with Crippen LogP contribution in [0.1, 0.15) is 45.4 Å². The topological polar surface area (TPSA) is 29.3 Å². The number of rotatable bonds is 2. The van der Waals surface area contributed by atoms with Crippen LogP contribution in [0, 0.1) is 0 Å². The van der Waals surface area contributed by atoms with Gasteiger partial charge in [0.2, 0.25) is 0 Å². The fourth-order valence-corrected chi connectivity index (χ4v) is 3.07. The Morgan fingerprint density at radius 1 is 1.31 bits per heavy atom. The smallest absolute Gasteiger partial charge is 0.0113 e. The van der Waals surface area contributed by atoms with E-state index in [2.05, 4.69) is 11.8 Å². The lowest BCUT2D eigenvalue weighted by molar-refractivity contribution is 0.177. The molecule has 0 aromatic rings. The van der Waals surface area contributed by atoms with Crippen LogP contribution in [0.15, 0.2) is 0 Å². The van der Waals surface area contributed by atoms with E-state index in [4.69, 9.17) is 5.73 Å². The Bertz CT molecular complexity index is 169. The summed E-state index contributed by atoms with van der Waals surface area (Å²) in [4.78, 5) is 2.73. The van der Waals surface area contributed by atoms with Crippen LogP contribution in [-0.4, -0.2) is 29.6 Å². The Hall–Kier alpha value is -0.0800. The summed E-state index contributed by atoms with van der Waals surface area (Å²) in [6.45, 7) is 3.65. The molecule has 1 aliphatic heterocycles. The quantitative estimate of drug-likeness (QED) is 0.705. The van der Waals surface area contributed by atoms with Crippen molar-refractivity contribution in [1.82, 2.24) is 4.90 Å². The van der Waals surface area contributed by atoms with Gasteiger partial charge in [-0.1, -0.05) is 6.92 Å². The highest BCUT2D eigenvalue weighted by Crippen LogP contribution is 2.30. The lowest BCUT2D eigenvalue weighted by Crippen LogP contribution is -2.38. The molecular weight excluding hydrogens is 160 g/mol. The molecule has 2 rings (SSSR count). The zero-order valence-corrected chi connectivity index (χ0v) is 8.71. The molecular formula is C11H22N2. The lowest BCUT2D eigenvalue weighted by Gasteiger charge is -2.29. The monoisotopic (exact) mass is 182 g/mol. The van der Waals surface area contributed by atoms with Crippen LogP contribution in [-0.2, 0) is 0 Å². The predicted octanol–water partition coefficient (Wildman–Crippen LogP) is 1.74. The van der Waals surface area contributed by atoms with Gasteiger partial charge in [-0.05, 0) is 45.1 Å². The average molecular weight is 182 g/mol. The maximum Gasteiger partial charge on any atom is 0.0113 e. The molecule has 0 bridgehead atoms. The number of nitrogens with zero attached hydrogens (tertiary/aromatic N) is 1. The van der Waals surface area contributed by atoms with E-state index in [1.807, 2.05) is 0 Å². The molecule has 1 saturated carbocycles. The fraction of sp³-hybridized carbons (Fsp3) is 1.00. The second kappa shape index (κ2) is 3.97. The zero-order valence-electron chi connectivity index (χ0n) is 8.71. The molecule has 0 spiro atoms. The van der Waals surface area contributed by atoms with Gasteiger partial charge >= 0.3 is 0 Å². The van der Waals surface area contributed by atoms with Gasteiger partial charge in [-0.25, -0.2) is 0 Å². The highest BCUT2D eigenvalue weighted by atomic mass is 15.2. The van der Waals surface area contributed by atoms with Gasteiger partial charge in [0.25, 0.3) is 0 Å². The van der Waals surface area contributed by atoms with Crippen LogP contribution in [0.2, 0.25) is 0 Å². The Labute approximate surface area is 81.5 Å². The van der Waals surface area contributed by atoms with Gasteiger partial charge in [-0.3, -0.25) is 4.90 Å². The van der Waals surface area contributed by atoms with Crippen molar-refractivity contribution in [3.63, 3.8) is 0 Å². The summed E-state index contributed by atoms with van der Waals surface area (Å²) in [5.74, 6) is 0. The minimum absolute atomic E-state index is 0.489. The number of hydrogen-bond acceptors (Lipinski definition) is 2. The van der Waals surface area contributed by atoms with Crippen LogP contribution in [0.4, 0.5) is 0 Å². The first kappa shape index (κ1) is 9.47. The standard InChI is InChI=1S/C11H22N2/c1-2-10-4-3-7-13(10)11-6-5-9(12)8-11/h9-11H,2-8,12H2,1H3. The van der Waals surface area contributed by atoms with Crippen LogP contribution in [0.5, 0.6) is 0 Å². The van der Waals surface area contributed by atoms with Crippen LogP contribution >= 0.6 is 0 Å². The van der Waals surface area contributed by atoms with E-state index >= 15 is 0 Å². The van der Waals surface area contributed by atoms with Crippen molar-refractivity contribution in [3.8, 4) is 0 Å². The largest absolute Gasteiger partial charge is 0.328 e. The average Bonchev–Trinajstić information content (AvgIpc) is 2.71. The van der Waals surface area contributed by atoms with Crippen LogP contribution in [0.25, 0.3) is 0 Å². The van der Waals surface area contributed by atoms with Crippen molar-refractivity contribution in [2.24, 2.45) is 5.73 Å². The Kier molecular flexibility index (Phi) is 2.89. The molecule has 1 aliphatic carbocycles. The minimum atomic E-state index is 0.489. The second-order valence-electron chi connectivity index (χ2n) is 4.67. The molecule has 0 amide bonds. The van der Waals surface area contributed by atoms with E-state index in [1.165, 1.54) is 45.1 Å². The van der Waals surface area contributed by atoms with Gasteiger partial charge in [0.05, 0.1) is 0 Å². The number of nitrogens with two attached hydrogens (primary N) is 1. The third-order valence-corrected chi connectivity index (χ3v) is 3.81. The molecule has 1 heterocycles. The molecule has 2 fully saturated rings. The van der Waals surface area contributed by atoms with Crippen molar-refractivity contribution < 1.29 is 0 Å². The number of hydrogen-bond donors (Lipinski definition) is 1. The van der Waals surface area contributed by atoms with Crippen molar-refractivity contribution in [2.75, 3.05) is 6.54 Å². The predicted molar refractivity (Wildman–Crippen MR) is 55.6 cm³/mol. The molecule has 2 heteroatoms. The number of likely N-dealkylation sites (tertiary alicyclic amines) is 1. The molecule has 0 aromatic carbocycles. The van der Waals surface area contributed by atoms with Gasteiger partial charge in [-0.2, -0.15) is 0 Å². The van der Waals surface area contributed by atoms with E-state index in [1.54, 1.807) is 0 Å². The van der Waals surface area contributed by atoms with Crippen molar-refractivity contribution in [3.05, 3.63) is 0 Å². The van der Waals surface area contributed by atoms with Crippen molar-refractivity contribution >= 4 is 0 Å². The normalized spacial score (nSPS) is 41.5. The molecule has 2 aliphatic rings. The molecule has 0 radical (unpaired) electrons. The first-order chi connectivity index (χ1) is 6.31. The van der Waals surface area contributed by atoms with E-state index in [9.17, 15) is 0 Å². The summed E-state index contributed by atoms with van der Waals surface area (Å²) in [7, 11) is 0. The maximum atomic E-state index is 5.95. The summed E-state index contributed by atoms with van der Waals surface area (Å²) in [6.07, 6.45) is 7.99. The molecule has 3 atom stereocenters. The molecule has 13 heavy (non-hydrogen) atoms. The van der Waals surface area contributed by atoms with Crippen LogP contribution < -0.4 is 5.73 Å². The Morgan fingerprint density at radius 2 is 2.15 bits per heavy atom. The Morgan fingerprint density at radius 3 is 2.77 bits per heavy atom. The summed E-state index contributed by atoms with van der Waals surface area (Å²) in [5.41, 5.74) is 5.95.